The van der Waals surface area contributed by atoms with E-state index < -0.39 is 0 Å². The van der Waals surface area contributed by atoms with Gasteiger partial charge in [-0.1, -0.05) is 102 Å². The van der Waals surface area contributed by atoms with Crippen LogP contribution in [0.3, 0.4) is 0 Å². The molecule has 1 amide bonds. The van der Waals surface area contributed by atoms with E-state index in [0.717, 1.165) is 39.1 Å². The lowest BCUT2D eigenvalue weighted by Crippen LogP contribution is -2.21. The third-order valence-electron chi connectivity index (χ3n) is 5.82. The molecule has 4 aromatic carbocycles. The number of fused-ring (bicyclic) bond motifs is 1. The number of rotatable bonds is 7. The van der Waals surface area contributed by atoms with E-state index in [1.165, 1.54) is 17.3 Å². The van der Waals surface area contributed by atoms with Crippen LogP contribution in [0.25, 0.3) is 27.8 Å². The van der Waals surface area contributed by atoms with Crippen LogP contribution in [0.5, 0.6) is 0 Å². The number of thioether (sulfide) groups is 1. The number of para-hydroxylation sites is 1. The molecule has 7 heteroatoms. The van der Waals surface area contributed by atoms with Gasteiger partial charge in [0.15, 0.2) is 11.0 Å². The van der Waals surface area contributed by atoms with Crippen molar-refractivity contribution in [2.45, 2.75) is 19.0 Å². The summed E-state index contributed by atoms with van der Waals surface area (Å²) < 4.78 is 1.98. The molecule has 5 aromatic rings. The summed E-state index contributed by atoms with van der Waals surface area (Å²) in [4.78, 5) is 12.7. The van der Waals surface area contributed by atoms with Gasteiger partial charge in [0.1, 0.15) is 0 Å². The molecular formula is C29H25N5OS. The fraction of sp³-hybridized carbons (Fsp3) is 0.103. The molecule has 0 bridgehead atoms. The third-order valence-corrected chi connectivity index (χ3v) is 6.75. The summed E-state index contributed by atoms with van der Waals surface area (Å²) >= 11 is 1.33. The van der Waals surface area contributed by atoms with Crippen molar-refractivity contribution in [3.8, 4) is 17.1 Å². The third kappa shape index (κ3) is 5.06. The van der Waals surface area contributed by atoms with Gasteiger partial charge in [-0.25, -0.2) is 5.43 Å². The monoisotopic (exact) mass is 491 g/mol. The number of benzene rings is 4. The van der Waals surface area contributed by atoms with Gasteiger partial charge in [-0.2, -0.15) is 5.10 Å². The summed E-state index contributed by atoms with van der Waals surface area (Å²) in [6.07, 6.45) is 0. The van der Waals surface area contributed by atoms with Crippen molar-refractivity contribution >= 4 is 34.2 Å². The van der Waals surface area contributed by atoms with E-state index in [9.17, 15) is 4.79 Å². The van der Waals surface area contributed by atoms with Gasteiger partial charge >= 0.3 is 0 Å². The predicted molar refractivity (Wildman–Crippen MR) is 147 cm³/mol. The molecule has 0 saturated carbocycles. The predicted octanol–water partition coefficient (Wildman–Crippen LogP) is 6.03. The second-order valence-corrected chi connectivity index (χ2v) is 9.33. The molecule has 178 valence electrons. The lowest BCUT2D eigenvalue weighted by atomic mass is 10.0. The van der Waals surface area contributed by atoms with Crippen LogP contribution < -0.4 is 5.43 Å². The first kappa shape index (κ1) is 23.5. The number of carbonyl (C=O) groups is 1. The van der Waals surface area contributed by atoms with Gasteiger partial charge in [-0.05, 0) is 36.8 Å². The Balaban J connectivity index is 1.34. The van der Waals surface area contributed by atoms with Gasteiger partial charge < -0.3 is 0 Å². The molecule has 0 aliphatic heterocycles. The minimum Gasteiger partial charge on any atom is -0.272 e. The van der Waals surface area contributed by atoms with Crippen molar-refractivity contribution in [3.63, 3.8) is 0 Å². The van der Waals surface area contributed by atoms with Crippen molar-refractivity contribution in [1.82, 2.24) is 20.2 Å². The van der Waals surface area contributed by atoms with Gasteiger partial charge in [0.25, 0.3) is 5.91 Å². The minimum absolute atomic E-state index is 0.158. The van der Waals surface area contributed by atoms with Gasteiger partial charge in [0.2, 0.25) is 0 Å². The maximum Gasteiger partial charge on any atom is 0.250 e. The van der Waals surface area contributed by atoms with Crippen molar-refractivity contribution in [2.75, 3.05) is 5.75 Å². The second-order valence-electron chi connectivity index (χ2n) is 8.39. The van der Waals surface area contributed by atoms with Gasteiger partial charge in [0.05, 0.1) is 11.5 Å². The highest BCUT2D eigenvalue weighted by Gasteiger charge is 2.17. The van der Waals surface area contributed by atoms with Gasteiger partial charge in [-0.3, -0.25) is 9.36 Å². The summed E-state index contributed by atoms with van der Waals surface area (Å²) in [6.45, 7) is 3.95. The van der Waals surface area contributed by atoms with E-state index in [1.807, 2.05) is 78.2 Å². The Kier molecular flexibility index (Phi) is 6.91. The maximum atomic E-state index is 12.7. The maximum absolute atomic E-state index is 12.7. The molecule has 0 radical (unpaired) electrons. The fourth-order valence-electron chi connectivity index (χ4n) is 3.97. The quantitative estimate of drug-likeness (QED) is 0.171. The van der Waals surface area contributed by atoms with E-state index in [-0.39, 0.29) is 11.7 Å². The van der Waals surface area contributed by atoms with E-state index in [0.29, 0.717) is 5.16 Å². The number of hydrogen-bond acceptors (Lipinski definition) is 5. The molecule has 36 heavy (non-hydrogen) atoms. The topological polar surface area (TPSA) is 72.2 Å². The van der Waals surface area contributed by atoms with Crippen molar-refractivity contribution < 1.29 is 4.79 Å². The number of hydrogen-bond donors (Lipinski definition) is 1. The van der Waals surface area contributed by atoms with E-state index in [2.05, 4.69) is 58.0 Å². The number of nitrogens with one attached hydrogen (secondary N) is 1. The smallest absolute Gasteiger partial charge is 0.250 e. The zero-order valence-electron chi connectivity index (χ0n) is 20.1. The number of aryl methyl sites for hydroxylation is 1. The molecule has 5 rings (SSSR count). The lowest BCUT2D eigenvalue weighted by molar-refractivity contribution is -0.118. The Hall–Kier alpha value is -4.23. The lowest BCUT2D eigenvalue weighted by Gasteiger charge is -2.10. The van der Waals surface area contributed by atoms with Crippen LogP contribution >= 0.6 is 11.8 Å². The molecule has 0 fully saturated rings. The van der Waals surface area contributed by atoms with Crippen LogP contribution in [0.4, 0.5) is 0 Å². The number of aromatic nitrogens is 3. The molecular weight excluding hydrogens is 466 g/mol. The van der Waals surface area contributed by atoms with E-state index in [4.69, 9.17) is 0 Å². The van der Waals surface area contributed by atoms with E-state index >= 15 is 0 Å². The second kappa shape index (κ2) is 10.6. The van der Waals surface area contributed by atoms with Crippen LogP contribution in [0, 0.1) is 6.92 Å². The average Bonchev–Trinajstić information content (AvgIpc) is 3.35. The van der Waals surface area contributed by atoms with Crippen molar-refractivity contribution in [3.05, 3.63) is 108 Å². The summed E-state index contributed by atoms with van der Waals surface area (Å²) in [6, 6.07) is 32.3. The van der Waals surface area contributed by atoms with Crippen LogP contribution in [0.2, 0.25) is 0 Å². The molecule has 0 unspecified atom stereocenters. The SMILES string of the molecule is CC(=NNC(=O)CSc1nnc(-c2ccc(C)cc2)n1-c1ccccc1)c1cccc2ccccc12. The average molecular weight is 492 g/mol. The minimum atomic E-state index is -0.209. The van der Waals surface area contributed by atoms with Gasteiger partial charge in [0, 0.05) is 16.8 Å². The Morgan fingerprint density at radius 2 is 1.61 bits per heavy atom. The van der Waals surface area contributed by atoms with Crippen LogP contribution in [0.15, 0.2) is 107 Å². The molecule has 0 aliphatic carbocycles. The number of hydrazone groups is 1. The first-order chi connectivity index (χ1) is 17.6. The molecule has 6 nitrogen and oxygen atoms in total. The highest BCUT2D eigenvalue weighted by atomic mass is 32.2. The number of amides is 1. The molecule has 0 saturated heterocycles. The summed E-state index contributed by atoms with van der Waals surface area (Å²) in [5.41, 5.74) is 7.51. The standard InChI is InChI=1S/C29H25N5OS/c1-20-15-17-23(18-16-20)28-32-33-29(34(28)24-11-4-3-5-12-24)36-19-27(35)31-30-21(2)25-14-8-10-22-9-6-7-13-26(22)25/h3-18H,19H2,1-2H3,(H,31,35). The van der Waals surface area contributed by atoms with Crippen molar-refractivity contribution in [2.24, 2.45) is 5.10 Å². The Morgan fingerprint density at radius 1 is 0.889 bits per heavy atom. The molecule has 1 heterocycles. The van der Waals surface area contributed by atoms with Crippen molar-refractivity contribution in [1.29, 1.82) is 0 Å². The van der Waals surface area contributed by atoms with E-state index in [1.54, 1.807) is 0 Å². The first-order valence-electron chi connectivity index (χ1n) is 11.6. The zero-order chi connectivity index (χ0) is 24.9. The summed E-state index contributed by atoms with van der Waals surface area (Å²) in [5.74, 6) is 0.679. The number of nitrogens with zero attached hydrogens (tertiary/aromatic N) is 4. The fourth-order valence-corrected chi connectivity index (χ4v) is 4.72. The molecule has 1 N–H and O–H groups in total. The Bertz CT molecular complexity index is 1540. The first-order valence-corrected chi connectivity index (χ1v) is 12.6. The highest BCUT2D eigenvalue weighted by molar-refractivity contribution is 7.99. The van der Waals surface area contributed by atoms with Crippen LogP contribution in [0.1, 0.15) is 18.1 Å². The van der Waals surface area contributed by atoms with Crippen LogP contribution in [-0.2, 0) is 4.79 Å². The molecule has 0 spiro atoms. The molecule has 0 atom stereocenters. The largest absolute Gasteiger partial charge is 0.272 e. The van der Waals surface area contributed by atoms with Gasteiger partial charge in [-0.15, -0.1) is 10.2 Å². The Labute approximate surface area is 214 Å². The highest BCUT2D eigenvalue weighted by Crippen LogP contribution is 2.28. The molecule has 0 aliphatic rings. The normalized spacial score (nSPS) is 11.6. The zero-order valence-corrected chi connectivity index (χ0v) is 20.9. The summed E-state index contributed by atoms with van der Waals surface area (Å²) in [5, 5.41) is 16.1. The molecule has 1 aromatic heterocycles. The number of carbonyl (C=O) groups excluding carboxylic acids is 1. The van der Waals surface area contributed by atoms with Crippen LogP contribution in [-0.4, -0.2) is 32.1 Å². The Morgan fingerprint density at radius 3 is 2.42 bits per heavy atom. The summed E-state index contributed by atoms with van der Waals surface area (Å²) in [7, 11) is 0.